The van der Waals surface area contributed by atoms with Crippen molar-refractivity contribution >= 4 is 39.3 Å². The summed E-state index contributed by atoms with van der Waals surface area (Å²) in [5, 5.41) is 4.72. The second-order valence-corrected chi connectivity index (χ2v) is 4.66. The predicted molar refractivity (Wildman–Crippen MR) is 70.9 cm³/mol. The van der Waals surface area contributed by atoms with Gasteiger partial charge in [-0.2, -0.15) is 0 Å². The number of nitrogens with zero attached hydrogens (tertiary/aromatic N) is 3. The van der Waals surface area contributed by atoms with Crippen LogP contribution in [0.4, 0.5) is 4.39 Å². The Balaban J connectivity index is 2.06. The zero-order valence-corrected chi connectivity index (χ0v) is 11.3. The molecule has 86 valence electrons. The molecule has 0 saturated heterocycles. The van der Waals surface area contributed by atoms with Gasteiger partial charge in [-0.3, -0.25) is 0 Å². The fourth-order valence-corrected chi connectivity index (χ4v) is 2.48. The molecule has 0 fully saturated rings. The van der Waals surface area contributed by atoms with Crippen LogP contribution in [0, 0.1) is 5.82 Å². The fourth-order valence-electron chi connectivity index (χ4n) is 1.47. The van der Waals surface area contributed by atoms with Crippen molar-refractivity contribution < 1.29 is 7.46 Å². The normalized spacial score (nSPS) is 10.9. The first kappa shape index (κ1) is 10.9. The summed E-state index contributed by atoms with van der Waals surface area (Å²) in [5.41, 5.74) is 1.63. The highest BCUT2D eigenvalue weighted by molar-refractivity contribution is 14.1. The van der Waals surface area contributed by atoms with E-state index in [0.29, 0.717) is 5.19 Å². The van der Waals surface area contributed by atoms with Crippen LogP contribution >= 0.6 is 34.3 Å². The number of rotatable bonds is 2. The van der Waals surface area contributed by atoms with Crippen molar-refractivity contribution in [2.45, 2.75) is 0 Å². The lowest BCUT2D eigenvalue weighted by atomic mass is 10.2. The summed E-state index contributed by atoms with van der Waals surface area (Å²) in [6.07, 6.45) is 1.79. The Kier molecular flexibility index (Phi) is 2.71. The number of hydrogen-bond donors (Lipinski definition) is 0. The molecule has 7 heteroatoms. The van der Waals surface area contributed by atoms with Gasteiger partial charge in [-0.05, 0) is 35.6 Å². The van der Waals surface area contributed by atoms with Crippen molar-refractivity contribution in [1.29, 1.82) is 0 Å². The SMILES string of the molecule is Fc1ccc(-c2cn3nc(OI)sc3n2)cc1. The van der Waals surface area contributed by atoms with Crippen LogP contribution < -0.4 is 3.07 Å². The van der Waals surface area contributed by atoms with Gasteiger partial charge in [-0.1, -0.05) is 0 Å². The van der Waals surface area contributed by atoms with Gasteiger partial charge in [0.15, 0.2) is 23.0 Å². The van der Waals surface area contributed by atoms with Gasteiger partial charge < -0.3 is 3.07 Å². The monoisotopic (exact) mass is 361 g/mol. The third-order valence-electron chi connectivity index (χ3n) is 2.23. The lowest BCUT2D eigenvalue weighted by Crippen LogP contribution is -1.81. The van der Waals surface area contributed by atoms with E-state index in [1.165, 1.54) is 23.5 Å². The van der Waals surface area contributed by atoms with Crippen LogP contribution in [0.25, 0.3) is 16.2 Å². The number of imidazole rings is 1. The van der Waals surface area contributed by atoms with Crippen LogP contribution in [0.15, 0.2) is 30.5 Å². The summed E-state index contributed by atoms with van der Waals surface area (Å²) in [6.45, 7) is 0. The van der Waals surface area contributed by atoms with Crippen LogP contribution in [0.5, 0.6) is 5.19 Å². The van der Waals surface area contributed by atoms with Gasteiger partial charge in [0.2, 0.25) is 4.96 Å². The Bertz CT molecular complexity index is 632. The summed E-state index contributed by atoms with van der Waals surface area (Å²) >= 11 is 3.13. The largest absolute Gasteiger partial charge is 0.398 e. The van der Waals surface area contributed by atoms with Gasteiger partial charge in [0.05, 0.1) is 11.9 Å². The molecule has 0 aliphatic rings. The summed E-state index contributed by atoms with van der Waals surface area (Å²) in [4.78, 5) is 5.14. The van der Waals surface area contributed by atoms with Gasteiger partial charge in [-0.15, -0.1) is 5.10 Å². The molecule has 4 nitrogen and oxygen atoms in total. The molecule has 1 aromatic carbocycles. The van der Waals surface area contributed by atoms with Crippen molar-refractivity contribution in [3.05, 3.63) is 36.3 Å². The molecule has 0 N–H and O–H groups in total. The van der Waals surface area contributed by atoms with Crippen molar-refractivity contribution in [2.75, 3.05) is 0 Å². The van der Waals surface area contributed by atoms with E-state index in [4.69, 9.17) is 3.07 Å². The van der Waals surface area contributed by atoms with E-state index in [2.05, 4.69) is 10.1 Å². The maximum atomic E-state index is 12.8. The molecular weight excluding hydrogens is 356 g/mol. The molecule has 3 rings (SSSR count). The molecule has 0 saturated carbocycles. The highest BCUT2D eigenvalue weighted by Gasteiger charge is 2.09. The molecule has 0 aliphatic carbocycles. The Morgan fingerprint density at radius 1 is 1.29 bits per heavy atom. The van der Waals surface area contributed by atoms with Crippen LogP contribution in [0.3, 0.4) is 0 Å². The number of hydrogen-bond acceptors (Lipinski definition) is 4. The zero-order valence-electron chi connectivity index (χ0n) is 8.30. The van der Waals surface area contributed by atoms with Gasteiger partial charge in [-0.25, -0.2) is 13.9 Å². The molecule has 0 unspecified atom stereocenters. The summed E-state index contributed by atoms with van der Waals surface area (Å²) in [7, 11) is 0. The van der Waals surface area contributed by atoms with Gasteiger partial charge in [0.25, 0.3) is 0 Å². The van der Waals surface area contributed by atoms with Crippen molar-refractivity contribution in [2.24, 2.45) is 0 Å². The molecule has 2 heterocycles. The van der Waals surface area contributed by atoms with Crippen LogP contribution in [-0.2, 0) is 0 Å². The molecular formula is C10H5FIN3OS. The molecule has 0 spiro atoms. The number of halogens is 2. The summed E-state index contributed by atoms with van der Waals surface area (Å²) < 4.78 is 19.4. The van der Waals surface area contributed by atoms with Gasteiger partial charge >= 0.3 is 5.19 Å². The van der Waals surface area contributed by atoms with Gasteiger partial charge in [0, 0.05) is 5.56 Å². The Morgan fingerprint density at radius 2 is 2.06 bits per heavy atom. The molecule has 2 aromatic heterocycles. The maximum absolute atomic E-state index is 12.8. The third kappa shape index (κ3) is 2.00. The lowest BCUT2D eigenvalue weighted by molar-refractivity contribution is 0.628. The van der Waals surface area contributed by atoms with Crippen molar-refractivity contribution in [1.82, 2.24) is 14.6 Å². The second-order valence-electron chi connectivity index (χ2n) is 3.31. The quantitative estimate of drug-likeness (QED) is 0.658. The van der Waals surface area contributed by atoms with Crippen LogP contribution in [-0.4, -0.2) is 14.6 Å². The first-order chi connectivity index (χ1) is 8.26. The Labute approximate surface area is 114 Å². The number of aromatic nitrogens is 3. The molecule has 0 radical (unpaired) electrons. The average Bonchev–Trinajstić information content (AvgIpc) is 2.87. The maximum Gasteiger partial charge on any atom is 0.303 e. The Morgan fingerprint density at radius 3 is 2.71 bits per heavy atom. The van der Waals surface area contributed by atoms with Crippen molar-refractivity contribution in [3.8, 4) is 16.5 Å². The molecule has 0 atom stereocenters. The Hall–Kier alpha value is -1.22. The van der Waals surface area contributed by atoms with E-state index in [9.17, 15) is 4.39 Å². The molecule has 0 bridgehead atoms. The first-order valence-corrected chi connectivity index (χ1v) is 6.37. The smallest absolute Gasteiger partial charge is 0.303 e. The highest BCUT2D eigenvalue weighted by atomic mass is 127. The summed E-state index contributed by atoms with van der Waals surface area (Å²) in [6, 6.07) is 6.21. The van der Waals surface area contributed by atoms with Crippen LogP contribution in [0.2, 0.25) is 0 Å². The van der Waals surface area contributed by atoms with E-state index in [1.807, 2.05) is 0 Å². The molecule has 3 aromatic rings. The van der Waals surface area contributed by atoms with Crippen LogP contribution in [0.1, 0.15) is 0 Å². The average molecular weight is 361 g/mol. The fraction of sp³-hybridized carbons (Fsp3) is 0. The molecule has 0 aliphatic heterocycles. The highest BCUT2D eigenvalue weighted by Crippen LogP contribution is 2.26. The minimum atomic E-state index is -0.256. The van der Waals surface area contributed by atoms with E-state index in [0.717, 1.165) is 16.2 Å². The standard InChI is InChI=1S/C10H5FIN3OS/c11-7-3-1-6(2-4-7)8-5-15-9(13-8)17-10(14-15)16-12/h1-5H. The molecule has 0 amide bonds. The van der Waals surface area contributed by atoms with E-state index < -0.39 is 0 Å². The molecule has 17 heavy (non-hydrogen) atoms. The first-order valence-electron chi connectivity index (χ1n) is 4.67. The predicted octanol–water partition coefficient (Wildman–Crippen LogP) is 3.33. The number of benzene rings is 1. The van der Waals surface area contributed by atoms with E-state index in [-0.39, 0.29) is 5.82 Å². The van der Waals surface area contributed by atoms with E-state index >= 15 is 0 Å². The minimum Gasteiger partial charge on any atom is -0.398 e. The number of fused-ring (bicyclic) bond motifs is 1. The van der Waals surface area contributed by atoms with Gasteiger partial charge in [0.1, 0.15) is 5.82 Å². The summed E-state index contributed by atoms with van der Waals surface area (Å²) in [5.74, 6) is -0.256. The third-order valence-corrected chi connectivity index (χ3v) is 3.75. The van der Waals surface area contributed by atoms with E-state index in [1.54, 1.807) is 45.9 Å². The zero-order chi connectivity index (χ0) is 11.8. The second kappa shape index (κ2) is 4.22. The lowest BCUT2D eigenvalue weighted by Gasteiger charge is -1.94. The topological polar surface area (TPSA) is 39.4 Å². The van der Waals surface area contributed by atoms with Crippen molar-refractivity contribution in [3.63, 3.8) is 0 Å². The minimum absolute atomic E-state index is 0.256.